The second-order valence-electron chi connectivity index (χ2n) is 7.95. The first-order valence-electron chi connectivity index (χ1n) is 11.3. The highest BCUT2D eigenvalue weighted by Crippen LogP contribution is 2.32. The molecule has 36 heavy (non-hydrogen) atoms. The molecule has 2 heterocycles. The maximum absolute atomic E-state index is 14.0. The summed E-state index contributed by atoms with van der Waals surface area (Å²) in [6.07, 6.45) is 0. The molecule has 1 unspecified atom stereocenters. The molecule has 0 radical (unpaired) electrons. The third kappa shape index (κ3) is 5.28. The third-order valence-electron chi connectivity index (χ3n) is 5.46. The number of benzene rings is 3. The van der Waals surface area contributed by atoms with Crippen LogP contribution in [0.5, 0.6) is 17.2 Å². The molecule has 1 amide bonds. The van der Waals surface area contributed by atoms with Crippen LogP contribution in [0.2, 0.25) is 0 Å². The Balaban J connectivity index is 1.28. The third-order valence-corrected chi connectivity index (χ3v) is 6.51. The van der Waals surface area contributed by atoms with Crippen LogP contribution in [-0.4, -0.2) is 32.7 Å². The average Bonchev–Trinajstić information content (AvgIpc) is 3.53. The van der Waals surface area contributed by atoms with Gasteiger partial charge in [-0.2, -0.15) is 0 Å². The largest absolute Gasteiger partial charge is 0.483 e. The van der Waals surface area contributed by atoms with Crippen molar-refractivity contribution < 1.29 is 23.4 Å². The Kier molecular flexibility index (Phi) is 7.03. The standard InChI is InChI=1S/C26H23FN4O4S/c1-17(25(32)28-14-18-11-12-22-23(13-18)35-16-34-22)36-26-30-29-24(31(26)19-7-3-2-4-8-19)15-33-21-10-6-5-9-20(21)27/h2-13,17H,14-16H2,1H3,(H,28,32). The van der Waals surface area contributed by atoms with Crippen LogP contribution in [0.1, 0.15) is 18.3 Å². The van der Waals surface area contributed by atoms with Crippen molar-refractivity contribution >= 4 is 17.7 Å². The van der Waals surface area contributed by atoms with Gasteiger partial charge in [0.2, 0.25) is 12.7 Å². The van der Waals surface area contributed by atoms with Gasteiger partial charge in [-0.3, -0.25) is 9.36 Å². The molecule has 0 aliphatic carbocycles. The summed E-state index contributed by atoms with van der Waals surface area (Å²) in [5, 5.41) is 11.6. The predicted octanol–water partition coefficient (Wildman–Crippen LogP) is 4.51. The van der Waals surface area contributed by atoms with Gasteiger partial charge in [0.15, 0.2) is 34.0 Å². The molecule has 3 aromatic carbocycles. The molecule has 4 aromatic rings. The minimum atomic E-state index is -0.453. The van der Waals surface area contributed by atoms with Crippen LogP contribution in [0.4, 0.5) is 4.39 Å². The number of fused-ring (bicyclic) bond motifs is 1. The number of ether oxygens (including phenoxy) is 3. The number of carbonyl (C=O) groups is 1. The van der Waals surface area contributed by atoms with Gasteiger partial charge in [0, 0.05) is 12.2 Å². The van der Waals surface area contributed by atoms with Gasteiger partial charge in [-0.1, -0.05) is 48.2 Å². The molecule has 10 heteroatoms. The fourth-order valence-electron chi connectivity index (χ4n) is 3.61. The summed E-state index contributed by atoms with van der Waals surface area (Å²) < 4.78 is 32.2. The van der Waals surface area contributed by atoms with E-state index in [1.807, 2.05) is 53.1 Å². The molecule has 1 N–H and O–H groups in total. The van der Waals surface area contributed by atoms with Gasteiger partial charge >= 0.3 is 0 Å². The number of nitrogens with zero attached hydrogens (tertiary/aromatic N) is 3. The lowest BCUT2D eigenvalue weighted by molar-refractivity contribution is -0.120. The highest BCUT2D eigenvalue weighted by molar-refractivity contribution is 8.00. The van der Waals surface area contributed by atoms with Crippen molar-refractivity contribution in [2.75, 3.05) is 6.79 Å². The Hall–Kier alpha value is -4.05. The lowest BCUT2D eigenvalue weighted by Crippen LogP contribution is -2.30. The minimum absolute atomic E-state index is 0.00801. The highest BCUT2D eigenvalue weighted by atomic mass is 32.2. The van der Waals surface area contributed by atoms with Crippen molar-refractivity contribution in [3.63, 3.8) is 0 Å². The van der Waals surface area contributed by atoms with E-state index in [9.17, 15) is 9.18 Å². The molecule has 184 valence electrons. The SMILES string of the molecule is CC(Sc1nnc(COc2ccccc2F)n1-c1ccccc1)C(=O)NCc1ccc2c(c1)OCO2. The Morgan fingerprint density at radius 2 is 1.86 bits per heavy atom. The quantitative estimate of drug-likeness (QED) is 0.334. The normalized spacial score (nSPS) is 12.8. The molecule has 1 atom stereocenters. The van der Waals surface area contributed by atoms with E-state index >= 15 is 0 Å². The van der Waals surface area contributed by atoms with E-state index in [0.717, 1.165) is 11.3 Å². The van der Waals surface area contributed by atoms with Gasteiger partial charge < -0.3 is 19.5 Å². The maximum Gasteiger partial charge on any atom is 0.233 e. The molecule has 1 aliphatic heterocycles. The van der Waals surface area contributed by atoms with E-state index in [2.05, 4.69) is 15.5 Å². The number of aromatic nitrogens is 3. The van der Waals surface area contributed by atoms with Crippen LogP contribution >= 0.6 is 11.8 Å². The molecule has 0 saturated carbocycles. The van der Waals surface area contributed by atoms with Gasteiger partial charge in [-0.15, -0.1) is 10.2 Å². The first-order chi connectivity index (χ1) is 17.6. The van der Waals surface area contributed by atoms with Crippen molar-refractivity contribution in [2.24, 2.45) is 0 Å². The number of hydrogen-bond donors (Lipinski definition) is 1. The zero-order valence-electron chi connectivity index (χ0n) is 19.4. The Morgan fingerprint density at radius 3 is 2.69 bits per heavy atom. The van der Waals surface area contributed by atoms with Crippen LogP contribution < -0.4 is 19.5 Å². The molecule has 5 rings (SSSR count). The summed E-state index contributed by atoms with van der Waals surface area (Å²) in [7, 11) is 0. The van der Waals surface area contributed by atoms with E-state index in [4.69, 9.17) is 14.2 Å². The van der Waals surface area contributed by atoms with Crippen LogP contribution in [-0.2, 0) is 17.9 Å². The number of hydrogen-bond acceptors (Lipinski definition) is 7. The summed E-state index contributed by atoms with van der Waals surface area (Å²) in [4.78, 5) is 12.8. The van der Waals surface area contributed by atoms with Gasteiger partial charge in [0.05, 0.1) is 5.25 Å². The van der Waals surface area contributed by atoms with E-state index < -0.39 is 11.1 Å². The topological polar surface area (TPSA) is 87.5 Å². The van der Waals surface area contributed by atoms with Crippen molar-refractivity contribution in [1.29, 1.82) is 0 Å². The minimum Gasteiger partial charge on any atom is -0.483 e. The van der Waals surface area contributed by atoms with Crippen LogP contribution in [0.3, 0.4) is 0 Å². The number of thioether (sulfide) groups is 1. The number of carbonyl (C=O) groups excluding carboxylic acids is 1. The fraction of sp³-hybridized carbons (Fsp3) is 0.192. The van der Waals surface area contributed by atoms with Crippen molar-refractivity contribution in [1.82, 2.24) is 20.1 Å². The molecule has 1 aromatic heterocycles. The van der Waals surface area contributed by atoms with Crippen molar-refractivity contribution in [3.8, 4) is 22.9 Å². The van der Waals surface area contributed by atoms with Gasteiger partial charge in [0.25, 0.3) is 0 Å². The van der Waals surface area contributed by atoms with Gasteiger partial charge in [-0.25, -0.2) is 4.39 Å². The Morgan fingerprint density at radius 1 is 1.08 bits per heavy atom. The summed E-state index contributed by atoms with van der Waals surface area (Å²) in [6.45, 7) is 2.37. The maximum atomic E-state index is 14.0. The number of nitrogens with one attached hydrogen (secondary N) is 1. The zero-order valence-corrected chi connectivity index (χ0v) is 20.2. The summed E-state index contributed by atoms with van der Waals surface area (Å²) in [5.74, 6) is 1.38. The monoisotopic (exact) mass is 506 g/mol. The Labute approximate surface area is 211 Å². The summed E-state index contributed by atoms with van der Waals surface area (Å²) in [6, 6.07) is 21.3. The fourth-order valence-corrected chi connectivity index (χ4v) is 4.52. The number of halogens is 1. The average molecular weight is 507 g/mol. The summed E-state index contributed by atoms with van der Waals surface area (Å²) in [5.41, 5.74) is 1.72. The lowest BCUT2D eigenvalue weighted by Gasteiger charge is -2.14. The molecular formula is C26H23FN4O4S. The molecule has 1 aliphatic rings. The van der Waals surface area contributed by atoms with Crippen LogP contribution in [0.15, 0.2) is 78.0 Å². The lowest BCUT2D eigenvalue weighted by atomic mass is 10.2. The molecule has 0 saturated heterocycles. The van der Waals surface area contributed by atoms with Gasteiger partial charge in [-0.05, 0) is 48.9 Å². The molecule has 0 fully saturated rings. The second-order valence-corrected chi connectivity index (χ2v) is 9.26. The number of amides is 1. The molecule has 0 spiro atoms. The number of para-hydroxylation sites is 2. The van der Waals surface area contributed by atoms with Crippen molar-refractivity contribution in [3.05, 3.63) is 90.0 Å². The zero-order chi connectivity index (χ0) is 24.9. The molecule has 8 nitrogen and oxygen atoms in total. The second kappa shape index (κ2) is 10.7. The first-order valence-corrected chi connectivity index (χ1v) is 12.2. The van der Waals surface area contributed by atoms with E-state index in [1.165, 1.54) is 17.8 Å². The van der Waals surface area contributed by atoms with Gasteiger partial charge in [0.1, 0.15) is 6.61 Å². The van der Waals surface area contributed by atoms with Crippen molar-refractivity contribution in [2.45, 2.75) is 30.5 Å². The molecule has 0 bridgehead atoms. The van der Waals surface area contributed by atoms with E-state index in [1.54, 1.807) is 25.1 Å². The number of rotatable bonds is 9. The summed E-state index contributed by atoms with van der Waals surface area (Å²) >= 11 is 1.28. The smallest absolute Gasteiger partial charge is 0.233 e. The van der Waals surface area contributed by atoms with Crippen LogP contribution in [0, 0.1) is 5.82 Å². The van der Waals surface area contributed by atoms with Crippen LogP contribution in [0.25, 0.3) is 5.69 Å². The molecular weight excluding hydrogens is 483 g/mol. The Bertz CT molecular complexity index is 1370. The highest BCUT2D eigenvalue weighted by Gasteiger charge is 2.22. The van der Waals surface area contributed by atoms with E-state index in [0.29, 0.717) is 29.0 Å². The van der Waals surface area contributed by atoms with E-state index in [-0.39, 0.29) is 25.1 Å². The predicted molar refractivity (Wildman–Crippen MR) is 132 cm³/mol. The first kappa shape index (κ1) is 23.7.